The van der Waals surface area contributed by atoms with Crippen LogP contribution in [0.2, 0.25) is 0 Å². The zero-order valence-electron chi connectivity index (χ0n) is 11.1. The van der Waals surface area contributed by atoms with E-state index < -0.39 is 6.10 Å². The molecule has 0 radical (unpaired) electrons. The highest BCUT2D eigenvalue weighted by Crippen LogP contribution is 2.23. The number of aliphatic hydroxyl groups excluding tert-OH is 2. The van der Waals surface area contributed by atoms with Crippen molar-refractivity contribution < 1.29 is 19.7 Å². The van der Waals surface area contributed by atoms with E-state index in [1.807, 2.05) is 0 Å². The second kappa shape index (κ2) is 8.45. The van der Waals surface area contributed by atoms with Crippen LogP contribution >= 0.6 is 0 Å². The number of ether oxygens (including phenoxy) is 1. The van der Waals surface area contributed by atoms with E-state index in [0.29, 0.717) is 13.2 Å². The van der Waals surface area contributed by atoms with Crippen LogP contribution in [0.4, 0.5) is 0 Å². The van der Waals surface area contributed by atoms with Gasteiger partial charge in [-0.05, 0) is 25.7 Å². The number of carbonyl (C=O) groups is 1. The number of carbonyl (C=O) groups excluding carboxylic acids is 1. The molecule has 0 saturated heterocycles. The summed E-state index contributed by atoms with van der Waals surface area (Å²) in [4.78, 5) is 11.2. The molecule has 3 atom stereocenters. The minimum Gasteiger partial charge on any atom is -0.466 e. The highest BCUT2D eigenvalue weighted by Gasteiger charge is 2.24. The summed E-state index contributed by atoms with van der Waals surface area (Å²) in [7, 11) is 0. The molecule has 0 aliphatic heterocycles. The summed E-state index contributed by atoms with van der Waals surface area (Å²) < 4.78 is 4.78. The molecule has 0 bridgehead atoms. The summed E-state index contributed by atoms with van der Waals surface area (Å²) in [6, 6.07) is 0.251. The maximum atomic E-state index is 11.2. The summed E-state index contributed by atoms with van der Waals surface area (Å²) in [5, 5.41) is 22.2. The summed E-state index contributed by atoms with van der Waals surface area (Å²) in [5.41, 5.74) is 0. The van der Waals surface area contributed by atoms with Crippen LogP contribution in [-0.2, 0) is 9.53 Å². The van der Waals surface area contributed by atoms with Crippen LogP contribution in [-0.4, -0.2) is 48.1 Å². The molecule has 1 rings (SSSR count). The normalized spacial score (nSPS) is 25.7. The highest BCUT2D eigenvalue weighted by molar-refractivity contribution is 5.69. The molecule has 5 nitrogen and oxygen atoms in total. The molecule has 1 fully saturated rings. The van der Waals surface area contributed by atoms with Crippen LogP contribution in [0.1, 0.15) is 39.0 Å². The van der Waals surface area contributed by atoms with Gasteiger partial charge in [0.1, 0.15) is 0 Å². The molecule has 5 heteroatoms. The van der Waals surface area contributed by atoms with Gasteiger partial charge in [-0.2, -0.15) is 0 Å². The minimum absolute atomic E-state index is 0.0252. The van der Waals surface area contributed by atoms with Crippen LogP contribution < -0.4 is 5.32 Å². The Morgan fingerprint density at radius 2 is 2.17 bits per heavy atom. The summed E-state index contributed by atoms with van der Waals surface area (Å²) in [6.07, 6.45) is 3.68. The first-order valence-corrected chi connectivity index (χ1v) is 6.85. The fraction of sp³-hybridized carbons (Fsp3) is 0.923. The van der Waals surface area contributed by atoms with Crippen molar-refractivity contribution in [1.29, 1.82) is 0 Å². The Balaban J connectivity index is 2.23. The van der Waals surface area contributed by atoms with Crippen molar-refractivity contribution in [2.75, 3.05) is 19.8 Å². The number of esters is 1. The summed E-state index contributed by atoms with van der Waals surface area (Å²) >= 11 is 0. The van der Waals surface area contributed by atoms with Gasteiger partial charge < -0.3 is 20.3 Å². The first-order valence-electron chi connectivity index (χ1n) is 6.85. The van der Waals surface area contributed by atoms with Crippen LogP contribution in [0.5, 0.6) is 0 Å². The quantitative estimate of drug-likeness (QED) is 0.578. The average molecular weight is 259 g/mol. The number of hydrogen-bond donors (Lipinski definition) is 3. The van der Waals surface area contributed by atoms with Gasteiger partial charge >= 0.3 is 5.97 Å². The van der Waals surface area contributed by atoms with E-state index in [2.05, 4.69) is 5.32 Å². The lowest BCUT2D eigenvalue weighted by atomic mass is 9.85. The second-order valence-electron chi connectivity index (χ2n) is 4.90. The third-order valence-electron chi connectivity index (χ3n) is 3.47. The van der Waals surface area contributed by atoms with Crippen LogP contribution in [0.15, 0.2) is 0 Å². The number of nitrogens with one attached hydrogen (secondary N) is 1. The van der Waals surface area contributed by atoms with E-state index in [-0.39, 0.29) is 31.0 Å². The smallest absolute Gasteiger partial charge is 0.308 e. The molecular weight excluding hydrogens is 234 g/mol. The Morgan fingerprint density at radius 3 is 2.83 bits per heavy atom. The fourth-order valence-corrected chi connectivity index (χ4v) is 2.47. The third kappa shape index (κ3) is 5.33. The molecule has 3 unspecified atom stereocenters. The average Bonchev–Trinajstić information content (AvgIpc) is 2.37. The molecule has 1 saturated carbocycles. The van der Waals surface area contributed by atoms with E-state index in [0.717, 1.165) is 25.7 Å². The lowest BCUT2D eigenvalue weighted by molar-refractivity contribution is -0.145. The van der Waals surface area contributed by atoms with Crippen molar-refractivity contribution >= 4 is 5.97 Å². The predicted octanol–water partition coefficient (Wildman–Crippen LogP) is 0.441. The minimum atomic E-state index is -0.717. The van der Waals surface area contributed by atoms with Crippen molar-refractivity contribution in [3.05, 3.63) is 0 Å². The summed E-state index contributed by atoms with van der Waals surface area (Å²) in [6.45, 7) is 2.65. The Morgan fingerprint density at radius 1 is 1.44 bits per heavy atom. The monoisotopic (exact) mass is 259 g/mol. The van der Waals surface area contributed by atoms with Crippen LogP contribution in [0.3, 0.4) is 0 Å². The van der Waals surface area contributed by atoms with Gasteiger partial charge in [0.05, 0.1) is 19.1 Å². The maximum absolute atomic E-state index is 11.2. The number of rotatable bonds is 7. The Hall–Kier alpha value is -0.650. The van der Waals surface area contributed by atoms with E-state index in [9.17, 15) is 15.0 Å². The zero-order valence-corrected chi connectivity index (χ0v) is 11.1. The van der Waals surface area contributed by atoms with Gasteiger partial charge in [0.2, 0.25) is 0 Å². The topological polar surface area (TPSA) is 78.8 Å². The van der Waals surface area contributed by atoms with Crippen LogP contribution in [0, 0.1) is 5.92 Å². The van der Waals surface area contributed by atoms with Gasteiger partial charge in [-0.3, -0.25) is 4.79 Å². The molecule has 0 heterocycles. The van der Waals surface area contributed by atoms with E-state index in [1.54, 1.807) is 6.92 Å². The van der Waals surface area contributed by atoms with Gasteiger partial charge in [-0.25, -0.2) is 0 Å². The highest BCUT2D eigenvalue weighted by atomic mass is 16.5. The number of hydrogen-bond acceptors (Lipinski definition) is 5. The van der Waals surface area contributed by atoms with Gasteiger partial charge in [0.15, 0.2) is 0 Å². The van der Waals surface area contributed by atoms with Crippen molar-refractivity contribution in [3.8, 4) is 0 Å². The van der Waals surface area contributed by atoms with Crippen LogP contribution in [0.25, 0.3) is 0 Å². The second-order valence-corrected chi connectivity index (χ2v) is 4.90. The molecule has 0 aromatic carbocycles. The molecule has 106 valence electrons. The van der Waals surface area contributed by atoms with Crippen molar-refractivity contribution in [1.82, 2.24) is 5.32 Å². The lowest BCUT2D eigenvalue weighted by Crippen LogP contribution is -2.43. The van der Waals surface area contributed by atoms with Gasteiger partial charge in [0.25, 0.3) is 0 Å². The molecule has 1 aliphatic rings. The third-order valence-corrected chi connectivity index (χ3v) is 3.47. The molecule has 0 spiro atoms. The fourth-order valence-electron chi connectivity index (χ4n) is 2.47. The molecule has 0 amide bonds. The maximum Gasteiger partial charge on any atom is 0.308 e. The Bertz CT molecular complexity index is 247. The predicted molar refractivity (Wildman–Crippen MR) is 68.1 cm³/mol. The first-order chi connectivity index (χ1) is 8.67. The standard InChI is InChI=1S/C13H25NO4/c1-2-18-13(17)7-11(16)8-14-12-6-4-3-5-10(12)9-15/h10-12,14-16H,2-9H2,1H3. The van der Waals surface area contributed by atoms with Gasteiger partial charge in [0, 0.05) is 19.2 Å². The molecule has 0 aromatic heterocycles. The number of aliphatic hydroxyl groups is 2. The lowest BCUT2D eigenvalue weighted by Gasteiger charge is -2.31. The largest absolute Gasteiger partial charge is 0.466 e. The van der Waals surface area contributed by atoms with E-state index in [4.69, 9.17) is 4.74 Å². The van der Waals surface area contributed by atoms with Gasteiger partial charge in [-0.15, -0.1) is 0 Å². The van der Waals surface area contributed by atoms with E-state index in [1.165, 1.54) is 0 Å². The molecular formula is C13H25NO4. The SMILES string of the molecule is CCOC(=O)CC(O)CNC1CCCCC1CO. The molecule has 18 heavy (non-hydrogen) atoms. The Labute approximate surface area is 109 Å². The van der Waals surface area contributed by atoms with Crippen molar-refractivity contribution in [3.63, 3.8) is 0 Å². The molecule has 3 N–H and O–H groups in total. The van der Waals surface area contributed by atoms with E-state index >= 15 is 0 Å². The zero-order chi connectivity index (χ0) is 13.4. The van der Waals surface area contributed by atoms with Crippen molar-refractivity contribution in [2.24, 2.45) is 5.92 Å². The first kappa shape index (κ1) is 15.4. The van der Waals surface area contributed by atoms with Gasteiger partial charge in [-0.1, -0.05) is 12.8 Å². The molecule has 1 aliphatic carbocycles. The molecule has 0 aromatic rings. The Kier molecular flexibility index (Phi) is 7.23. The van der Waals surface area contributed by atoms with Crippen molar-refractivity contribution in [2.45, 2.75) is 51.2 Å². The summed E-state index contributed by atoms with van der Waals surface area (Å²) in [5.74, 6) is -0.0947.